The normalized spacial score (nSPS) is 10.9. The van der Waals surface area contributed by atoms with E-state index in [9.17, 15) is 18.0 Å². The standard InChI is InChI=1S/C17H17F3N2O3/c1-2-24-14-8-6-13(7-9-14)22-16(23)21-11-12-4-3-5-15(10-12)25-17(18,19)20/h3-10H,2,11H2,1H3,(H2,21,22,23). The SMILES string of the molecule is CCOc1ccc(NC(=O)NCc2cccc(OC(F)(F)F)c2)cc1. The summed E-state index contributed by atoms with van der Waals surface area (Å²) in [5.41, 5.74) is 1.04. The Morgan fingerprint density at radius 3 is 2.44 bits per heavy atom. The second-order valence-corrected chi connectivity index (χ2v) is 4.96. The highest BCUT2D eigenvalue weighted by Crippen LogP contribution is 2.23. The van der Waals surface area contributed by atoms with Crippen LogP contribution in [0.3, 0.4) is 0 Å². The van der Waals surface area contributed by atoms with Gasteiger partial charge in [-0.2, -0.15) is 0 Å². The van der Waals surface area contributed by atoms with Crippen molar-refractivity contribution in [3.8, 4) is 11.5 Å². The highest BCUT2D eigenvalue weighted by molar-refractivity contribution is 5.89. The molecule has 5 nitrogen and oxygen atoms in total. The molecule has 0 aliphatic heterocycles. The largest absolute Gasteiger partial charge is 0.573 e. The van der Waals surface area contributed by atoms with Gasteiger partial charge in [0, 0.05) is 12.2 Å². The van der Waals surface area contributed by atoms with E-state index in [4.69, 9.17) is 4.74 Å². The molecule has 0 heterocycles. The Balaban J connectivity index is 1.86. The summed E-state index contributed by atoms with van der Waals surface area (Å²) in [7, 11) is 0. The monoisotopic (exact) mass is 354 g/mol. The van der Waals surface area contributed by atoms with E-state index >= 15 is 0 Å². The lowest BCUT2D eigenvalue weighted by atomic mass is 10.2. The number of hydrogen-bond donors (Lipinski definition) is 2. The first kappa shape index (κ1) is 18.4. The van der Waals surface area contributed by atoms with E-state index < -0.39 is 12.4 Å². The van der Waals surface area contributed by atoms with Crippen molar-refractivity contribution in [3.05, 3.63) is 54.1 Å². The maximum Gasteiger partial charge on any atom is 0.573 e. The fourth-order valence-corrected chi connectivity index (χ4v) is 2.01. The van der Waals surface area contributed by atoms with E-state index in [1.54, 1.807) is 30.3 Å². The van der Waals surface area contributed by atoms with Gasteiger partial charge in [-0.1, -0.05) is 12.1 Å². The van der Waals surface area contributed by atoms with E-state index in [0.717, 1.165) is 0 Å². The molecular weight excluding hydrogens is 337 g/mol. The molecule has 0 aromatic heterocycles. The number of ether oxygens (including phenoxy) is 2. The van der Waals surface area contributed by atoms with Gasteiger partial charge < -0.3 is 20.1 Å². The fraction of sp³-hybridized carbons (Fsp3) is 0.235. The molecule has 2 rings (SSSR count). The molecule has 0 fully saturated rings. The van der Waals surface area contributed by atoms with Crippen LogP contribution in [0.15, 0.2) is 48.5 Å². The number of hydrogen-bond acceptors (Lipinski definition) is 3. The van der Waals surface area contributed by atoms with Crippen molar-refractivity contribution in [2.24, 2.45) is 0 Å². The van der Waals surface area contributed by atoms with Crippen molar-refractivity contribution in [1.29, 1.82) is 0 Å². The van der Waals surface area contributed by atoms with Crippen molar-refractivity contribution in [3.63, 3.8) is 0 Å². The number of anilines is 1. The van der Waals surface area contributed by atoms with Crippen LogP contribution in [0.25, 0.3) is 0 Å². The third-order valence-electron chi connectivity index (χ3n) is 3.01. The lowest BCUT2D eigenvalue weighted by molar-refractivity contribution is -0.274. The van der Waals surface area contributed by atoms with Crippen LogP contribution in [0.4, 0.5) is 23.7 Å². The molecule has 0 unspecified atom stereocenters. The second kappa shape index (κ2) is 8.27. The molecule has 25 heavy (non-hydrogen) atoms. The minimum Gasteiger partial charge on any atom is -0.494 e. The molecule has 2 aromatic rings. The van der Waals surface area contributed by atoms with E-state index in [1.165, 1.54) is 18.2 Å². The Kier molecular flexibility index (Phi) is 6.10. The number of carbonyl (C=O) groups is 1. The summed E-state index contributed by atoms with van der Waals surface area (Å²) in [5.74, 6) is 0.355. The fourth-order valence-electron chi connectivity index (χ4n) is 2.01. The number of alkyl halides is 3. The van der Waals surface area contributed by atoms with Gasteiger partial charge in [0.25, 0.3) is 0 Å². The van der Waals surface area contributed by atoms with Gasteiger partial charge in [-0.15, -0.1) is 13.2 Å². The van der Waals surface area contributed by atoms with Crippen LogP contribution in [0.1, 0.15) is 12.5 Å². The maximum atomic E-state index is 12.2. The lowest BCUT2D eigenvalue weighted by Gasteiger charge is -2.11. The van der Waals surface area contributed by atoms with Gasteiger partial charge in [0.15, 0.2) is 0 Å². The number of nitrogens with one attached hydrogen (secondary N) is 2. The minimum atomic E-state index is -4.75. The first-order valence-corrected chi connectivity index (χ1v) is 7.48. The molecule has 0 radical (unpaired) electrons. The highest BCUT2D eigenvalue weighted by atomic mass is 19.4. The molecule has 8 heteroatoms. The molecule has 0 aliphatic rings. The Hall–Kier alpha value is -2.90. The predicted octanol–water partition coefficient (Wildman–Crippen LogP) is 4.31. The summed E-state index contributed by atoms with van der Waals surface area (Å²) in [6.45, 7) is 2.47. The van der Waals surface area contributed by atoms with Crippen LogP contribution < -0.4 is 20.1 Å². The summed E-state index contributed by atoms with van der Waals surface area (Å²) < 4.78 is 45.7. The van der Waals surface area contributed by atoms with E-state index in [0.29, 0.717) is 23.6 Å². The van der Waals surface area contributed by atoms with Crippen LogP contribution in [-0.2, 0) is 6.54 Å². The van der Waals surface area contributed by atoms with Crippen molar-refractivity contribution in [2.45, 2.75) is 19.8 Å². The van der Waals surface area contributed by atoms with Gasteiger partial charge in [-0.05, 0) is 48.9 Å². The molecule has 0 saturated heterocycles. The molecular formula is C17H17F3N2O3. The molecule has 2 N–H and O–H groups in total. The van der Waals surface area contributed by atoms with Crippen LogP contribution in [0, 0.1) is 0 Å². The van der Waals surface area contributed by atoms with Crippen molar-refractivity contribution < 1.29 is 27.4 Å². The summed E-state index contributed by atoms with van der Waals surface area (Å²) in [6.07, 6.45) is -4.75. The number of carbonyl (C=O) groups excluding carboxylic acids is 1. The maximum absolute atomic E-state index is 12.2. The van der Waals surface area contributed by atoms with Gasteiger partial charge in [0.05, 0.1) is 6.61 Å². The third-order valence-corrected chi connectivity index (χ3v) is 3.01. The lowest BCUT2D eigenvalue weighted by Crippen LogP contribution is -2.28. The number of halogens is 3. The van der Waals surface area contributed by atoms with Crippen molar-refractivity contribution in [1.82, 2.24) is 5.32 Å². The van der Waals surface area contributed by atoms with Gasteiger partial charge in [-0.25, -0.2) is 4.79 Å². The number of urea groups is 1. The zero-order valence-electron chi connectivity index (χ0n) is 13.4. The quantitative estimate of drug-likeness (QED) is 0.813. The van der Waals surface area contributed by atoms with Crippen molar-refractivity contribution in [2.75, 3.05) is 11.9 Å². The smallest absolute Gasteiger partial charge is 0.494 e. The van der Waals surface area contributed by atoms with Gasteiger partial charge >= 0.3 is 12.4 Å². The first-order chi connectivity index (χ1) is 11.9. The summed E-state index contributed by atoms with van der Waals surface area (Å²) in [4.78, 5) is 11.8. The predicted molar refractivity (Wildman–Crippen MR) is 86.6 cm³/mol. The van der Waals surface area contributed by atoms with Gasteiger partial charge in [0.1, 0.15) is 11.5 Å². The minimum absolute atomic E-state index is 0.0535. The average Bonchev–Trinajstić information content (AvgIpc) is 2.54. The molecule has 134 valence electrons. The Morgan fingerprint density at radius 1 is 1.08 bits per heavy atom. The molecule has 2 amide bonds. The number of amides is 2. The molecule has 2 aromatic carbocycles. The highest BCUT2D eigenvalue weighted by Gasteiger charge is 2.31. The molecule has 0 aliphatic carbocycles. The zero-order chi connectivity index (χ0) is 18.3. The molecule has 0 atom stereocenters. The van der Waals surface area contributed by atoms with E-state index in [1.807, 2.05) is 6.92 Å². The third kappa shape index (κ3) is 6.62. The molecule has 0 bridgehead atoms. The van der Waals surface area contributed by atoms with Crippen molar-refractivity contribution >= 4 is 11.7 Å². The number of rotatable bonds is 6. The second-order valence-electron chi connectivity index (χ2n) is 4.96. The Labute approximate surface area is 142 Å². The molecule has 0 saturated carbocycles. The van der Waals surface area contributed by atoms with Crippen LogP contribution in [-0.4, -0.2) is 19.0 Å². The van der Waals surface area contributed by atoms with Gasteiger partial charge in [-0.3, -0.25) is 0 Å². The molecule has 0 spiro atoms. The number of benzene rings is 2. The van der Waals surface area contributed by atoms with E-state index in [-0.39, 0.29) is 12.3 Å². The summed E-state index contributed by atoms with van der Waals surface area (Å²) >= 11 is 0. The average molecular weight is 354 g/mol. The Morgan fingerprint density at radius 2 is 1.80 bits per heavy atom. The van der Waals surface area contributed by atoms with Crippen LogP contribution in [0.5, 0.6) is 11.5 Å². The summed E-state index contributed by atoms with van der Waals surface area (Å²) in [6, 6.07) is 11.7. The summed E-state index contributed by atoms with van der Waals surface area (Å²) in [5, 5.41) is 5.18. The Bertz CT molecular complexity index is 703. The van der Waals surface area contributed by atoms with Gasteiger partial charge in [0.2, 0.25) is 0 Å². The van der Waals surface area contributed by atoms with Crippen LogP contribution >= 0.6 is 0 Å². The zero-order valence-corrected chi connectivity index (χ0v) is 13.4. The topological polar surface area (TPSA) is 59.6 Å². The van der Waals surface area contributed by atoms with E-state index in [2.05, 4.69) is 15.4 Å². The first-order valence-electron chi connectivity index (χ1n) is 7.48. The van der Waals surface area contributed by atoms with Crippen LogP contribution in [0.2, 0.25) is 0 Å².